The van der Waals surface area contributed by atoms with E-state index in [4.69, 9.17) is 4.74 Å². The fraction of sp³-hybridized carbons (Fsp3) is 0.647. The highest BCUT2D eigenvalue weighted by Gasteiger charge is 2.56. The normalized spacial score (nSPS) is 28.4. The Morgan fingerprint density at radius 2 is 1.74 bits per heavy atom. The van der Waals surface area contributed by atoms with Crippen molar-refractivity contribution < 1.29 is 4.74 Å². The highest BCUT2D eigenvalue weighted by molar-refractivity contribution is 5.33. The molecule has 0 bridgehead atoms. The maximum Gasteiger partial charge on any atom is 0.120 e. The lowest BCUT2D eigenvalue weighted by atomic mass is 9.60. The number of aryl methyl sites for hydroxylation is 2. The van der Waals surface area contributed by atoms with Gasteiger partial charge in [-0.05, 0) is 57.0 Å². The molecule has 0 amide bonds. The molecule has 2 aliphatic carbocycles. The maximum atomic E-state index is 6.34. The van der Waals surface area contributed by atoms with E-state index in [-0.39, 0.29) is 0 Å². The van der Waals surface area contributed by atoms with Crippen molar-refractivity contribution in [1.29, 1.82) is 0 Å². The summed E-state index contributed by atoms with van der Waals surface area (Å²) in [4.78, 5) is 0. The molecule has 2 saturated carbocycles. The van der Waals surface area contributed by atoms with Crippen LogP contribution in [0.4, 0.5) is 0 Å². The third kappa shape index (κ3) is 2.16. The van der Waals surface area contributed by atoms with E-state index in [9.17, 15) is 0 Å². The molecule has 0 aromatic heterocycles. The molecule has 1 N–H and O–H groups in total. The zero-order chi connectivity index (χ0) is 13.5. The van der Waals surface area contributed by atoms with Gasteiger partial charge in [0.05, 0.1) is 0 Å². The first-order valence-corrected chi connectivity index (χ1v) is 7.56. The third-order valence-electron chi connectivity index (χ3n) is 5.14. The number of hydrogen-bond acceptors (Lipinski definition) is 2. The standard InChI is InChI=1S/C17H25NO/c1-12-8-13(2)10-14(9-12)19-16-11-15(18-3)17(16)6-4-5-7-17/h8-10,15-16,18H,4-7,11H2,1-3H3. The van der Waals surface area contributed by atoms with Crippen LogP contribution in [0.3, 0.4) is 0 Å². The lowest BCUT2D eigenvalue weighted by Gasteiger charge is -2.53. The van der Waals surface area contributed by atoms with Crippen LogP contribution in [0.1, 0.15) is 43.2 Å². The number of rotatable bonds is 3. The van der Waals surface area contributed by atoms with E-state index in [0.29, 0.717) is 17.6 Å². The molecule has 0 radical (unpaired) electrons. The molecule has 2 nitrogen and oxygen atoms in total. The summed E-state index contributed by atoms with van der Waals surface area (Å²) in [5.74, 6) is 1.06. The Kier molecular flexibility index (Phi) is 3.30. The molecule has 0 heterocycles. The molecule has 2 unspecified atom stereocenters. The predicted octanol–water partition coefficient (Wildman–Crippen LogP) is 3.60. The van der Waals surface area contributed by atoms with Crippen LogP contribution in [0.2, 0.25) is 0 Å². The smallest absolute Gasteiger partial charge is 0.120 e. The van der Waals surface area contributed by atoms with Crippen molar-refractivity contribution in [3.8, 4) is 5.75 Å². The first-order chi connectivity index (χ1) is 9.14. The topological polar surface area (TPSA) is 21.3 Å². The fourth-order valence-corrected chi connectivity index (χ4v) is 4.19. The highest BCUT2D eigenvalue weighted by atomic mass is 16.5. The van der Waals surface area contributed by atoms with Gasteiger partial charge in [0.25, 0.3) is 0 Å². The van der Waals surface area contributed by atoms with Gasteiger partial charge in [-0.2, -0.15) is 0 Å². The van der Waals surface area contributed by atoms with E-state index in [1.54, 1.807) is 0 Å². The summed E-state index contributed by atoms with van der Waals surface area (Å²) in [6.07, 6.45) is 6.95. The van der Waals surface area contributed by atoms with Crippen molar-refractivity contribution in [2.24, 2.45) is 5.41 Å². The quantitative estimate of drug-likeness (QED) is 0.895. The summed E-state index contributed by atoms with van der Waals surface area (Å²) in [5.41, 5.74) is 2.99. The Morgan fingerprint density at radius 3 is 2.32 bits per heavy atom. The van der Waals surface area contributed by atoms with Crippen LogP contribution in [0, 0.1) is 19.3 Å². The van der Waals surface area contributed by atoms with Crippen molar-refractivity contribution in [2.75, 3.05) is 7.05 Å². The molecule has 3 rings (SSSR count). The van der Waals surface area contributed by atoms with Gasteiger partial charge in [-0.15, -0.1) is 0 Å². The van der Waals surface area contributed by atoms with Gasteiger partial charge in [-0.1, -0.05) is 18.9 Å². The third-order valence-corrected chi connectivity index (χ3v) is 5.14. The molecular weight excluding hydrogens is 234 g/mol. The van der Waals surface area contributed by atoms with Crippen LogP contribution in [-0.4, -0.2) is 19.2 Å². The summed E-state index contributed by atoms with van der Waals surface area (Å²) < 4.78 is 6.34. The van der Waals surface area contributed by atoms with Crippen molar-refractivity contribution >= 4 is 0 Å². The second kappa shape index (κ2) is 4.82. The van der Waals surface area contributed by atoms with Gasteiger partial charge in [0.1, 0.15) is 11.9 Å². The summed E-state index contributed by atoms with van der Waals surface area (Å²) >= 11 is 0. The SMILES string of the molecule is CNC1CC(Oc2cc(C)cc(C)c2)C12CCCC2. The Morgan fingerprint density at radius 1 is 1.11 bits per heavy atom. The minimum atomic E-state index is 0.409. The summed E-state index contributed by atoms with van der Waals surface area (Å²) in [5, 5.41) is 3.49. The molecule has 0 aliphatic heterocycles. The van der Waals surface area contributed by atoms with Gasteiger partial charge < -0.3 is 10.1 Å². The van der Waals surface area contributed by atoms with Gasteiger partial charge in [0.2, 0.25) is 0 Å². The van der Waals surface area contributed by atoms with E-state index in [1.807, 2.05) is 0 Å². The second-order valence-electron chi connectivity index (χ2n) is 6.45. The van der Waals surface area contributed by atoms with E-state index in [0.717, 1.165) is 12.2 Å². The molecule has 0 saturated heterocycles. The number of ether oxygens (including phenoxy) is 1. The zero-order valence-electron chi connectivity index (χ0n) is 12.3. The molecule has 104 valence electrons. The van der Waals surface area contributed by atoms with Gasteiger partial charge in [-0.25, -0.2) is 0 Å². The average molecular weight is 259 g/mol. The molecule has 1 aromatic rings. The number of benzene rings is 1. The molecule has 19 heavy (non-hydrogen) atoms. The largest absolute Gasteiger partial charge is 0.490 e. The minimum absolute atomic E-state index is 0.409. The Balaban J connectivity index is 1.76. The molecule has 2 heteroatoms. The van der Waals surface area contributed by atoms with Crippen LogP contribution in [0.5, 0.6) is 5.75 Å². The molecule has 2 fully saturated rings. The van der Waals surface area contributed by atoms with Crippen LogP contribution in [0.15, 0.2) is 18.2 Å². The molecule has 1 aromatic carbocycles. The highest BCUT2D eigenvalue weighted by Crippen LogP contribution is 2.54. The first-order valence-electron chi connectivity index (χ1n) is 7.56. The van der Waals surface area contributed by atoms with Gasteiger partial charge >= 0.3 is 0 Å². The Bertz CT molecular complexity index is 442. The van der Waals surface area contributed by atoms with Crippen molar-refractivity contribution in [2.45, 2.75) is 58.1 Å². The minimum Gasteiger partial charge on any atom is -0.490 e. The molecule has 2 atom stereocenters. The number of nitrogens with one attached hydrogen (secondary N) is 1. The van der Waals surface area contributed by atoms with E-state index in [1.165, 1.54) is 36.8 Å². The fourth-order valence-electron chi connectivity index (χ4n) is 4.19. The lowest BCUT2D eigenvalue weighted by molar-refractivity contribution is -0.0736. The van der Waals surface area contributed by atoms with Crippen molar-refractivity contribution in [3.05, 3.63) is 29.3 Å². The first kappa shape index (κ1) is 13.0. The molecule has 2 aliphatic rings. The molecular formula is C17H25NO. The van der Waals surface area contributed by atoms with E-state index in [2.05, 4.69) is 44.4 Å². The predicted molar refractivity (Wildman–Crippen MR) is 78.7 cm³/mol. The van der Waals surface area contributed by atoms with E-state index < -0.39 is 0 Å². The number of hydrogen-bond donors (Lipinski definition) is 1. The second-order valence-corrected chi connectivity index (χ2v) is 6.45. The average Bonchev–Trinajstić information content (AvgIpc) is 2.84. The van der Waals surface area contributed by atoms with Crippen molar-refractivity contribution in [3.63, 3.8) is 0 Å². The lowest BCUT2D eigenvalue weighted by Crippen LogP contribution is -2.63. The van der Waals surface area contributed by atoms with Crippen molar-refractivity contribution in [1.82, 2.24) is 5.32 Å². The monoisotopic (exact) mass is 259 g/mol. The van der Waals surface area contributed by atoms with E-state index >= 15 is 0 Å². The summed E-state index contributed by atoms with van der Waals surface area (Å²) in [6, 6.07) is 7.20. The van der Waals surface area contributed by atoms with Gasteiger partial charge in [0, 0.05) is 17.9 Å². The molecule has 1 spiro atoms. The van der Waals surface area contributed by atoms with Gasteiger partial charge in [0.15, 0.2) is 0 Å². The van der Waals surface area contributed by atoms with Crippen LogP contribution < -0.4 is 10.1 Å². The zero-order valence-corrected chi connectivity index (χ0v) is 12.3. The Hall–Kier alpha value is -1.02. The Labute approximate surface area is 116 Å². The van der Waals surface area contributed by atoms with Gasteiger partial charge in [-0.3, -0.25) is 0 Å². The summed E-state index contributed by atoms with van der Waals surface area (Å²) in [7, 11) is 2.10. The van der Waals surface area contributed by atoms with Crippen LogP contribution in [-0.2, 0) is 0 Å². The van der Waals surface area contributed by atoms with Crippen LogP contribution >= 0.6 is 0 Å². The maximum absolute atomic E-state index is 6.34. The summed E-state index contributed by atoms with van der Waals surface area (Å²) in [6.45, 7) is 4.28. The van der Waals surface area contributed by atoms with Crippen LogP contribution in [0.25, 0.3) is 0 Å².